The number of hydrogen-bond donors (Lipinski definition) is 2. The second-order valence-electron chi connectivity index (χ2n) is 5.89. The molecule has 1 atom stereocenters. The molecule has 0 bridgehead atoms. The first-order valence-corrected chi connectivity index (χ1v) is 6.46. The van der Waals surface area contributed by atoms with Gasteiger partial charge in [0.25, 0.3) is 0 Å². The van der Waals surface area contributed by atoms with Gasteiger partial charge >= 0.3 is 0 Å². The van der Waals surface area contributed by atoms with Crippen molar-refractivity contribution in [3.63, 3.8) is 0 Å². The molecule has 0 aromatic heterocycles. The zero-order chi connectivity index (χ0) is 13.5. The summed E-state index contributed by atoms with van der Waals surface area (Å²) in [6, 6.07) is 0. The van der Waals surface area contributed by atoms with Gasteiger partial charge < -0.3 is 10.2 Å². The number of aliphatic hydroxyl groups is 2. The second kappa shape index (κ2) is 8.03. The van der Waals surface area contributed by atoms with Crippen molar-refractivity contribution < 1.29 is 10.2 Å². The molecule has 0 saturated heterocycles. The standard InChI is InChI=1S/C13H30N2O2/c1-13(2,3)12(14(4)5)15(8-6-10-16)9-7-11-17/h12,16-17H,6-11H2,1-5H3. The fourth-order valence-corrected chi connectivity index (χ4v) is 2.55. The van der Waals surface area contributed by atoms with E-state index in [0.717, 1.165) is 25.9 Å². The molecule has 104 valence electrons. The summed E-state index contributed by atoms with van der Waals surface area (Å²) >= 11 is 0. The highest BCUT2D eigenvalue weighted by molar-refractivity contribution is 4.81. The summed E-state index contributed by atoms with van der Waals surface area (Å²) in [5.74, 6) is 0. The quantitative estimate of drug-likeness (QED) is 0.627. The second-order valence-corrected chi connectivity index (χ2v) is 5.89. The first-order valence-electron chi connectivity index (χ1n) is 6.46. The van der Waals surface area contributed by atoms with E-state index in [4.69, 9.17) is 10.2 Å². The first kappa shape index (κ1) is 16.8. The van der Waals surface area contributed by atoms with Gasteiger partial charge in [-0.2, -0.15) is 0 Å². The molecule has 0 aliphatic carbocycles. The zero-order valence-electron chi connectivity index (χ0n) is 12.1. The number of aliphatic hydroxyl groups excluding tert-OH is 2. The molecular weight excluding hydrogens is 216 g/mol. The molecule has 0 aromatic carbocycles. The highest BCUT2D eigenvalue weighted by Crippen LogP contribution is 2.26. The molecule has 0 radical (unpaired) electrons. The van der Waals surface area contributed by atoms with E-state index < -0.39 is 0 Å². The fourth-order valence-electron chi connectivity index (χ4n) is 2.55. The lowest BCUT2D eigenvalue weighted by Gasteiger charge is -2.44. The van der Waals surface area contributed by atoms with Gasteiger partial charge in [0, 0.05) is 26.3 Å². The monoisotopic (exact) mass is 246 g/mol. The molecule has 17 heavy (non-hydrogen) atoms. The number of hydrogen-bond acceptors (Lipinski definition) is 4. The predicted octanol–water partition coefficient (Wildman–Crippen LogP) is 0.987. The van der Waals surface area contributed by atoms with Crippen LogP contribution in [0, 0.1) is 5.41 Å². The van der Waals surface area contributed by atoms with Crippen LogP contribution >= 0.6 is 0 Å². The maximum absolute atomic E-state index is 8.97. The molecule has 0 rings (SSSR count). The summed E-state index contributed by atoms with van der Waals surface area (Å²) in [5, 5.41) is 17.9. The third kappa shape index (κ3) is 6.36. The van der Waals surface area contributed by atoms with E-state index in [9.17, 15) is 0 Å². The van der Waals surface area contributed by atoms with Crippen LogP contribution in [0.3, 0.4) is 0 Å². The van der Waals surface area contributed by atoms with Gasteiger partial charge in [-0.1, -0.05) is 20.8 Å². The Hall–Kier alpha value is -0.160. The highest BCUT2D eigenvalue weighted by Gasteiger charge is 2.31. The minimum absolute atomic E-state index is 0.147. The minimum atomic E-state index is 0.147. The molecule has 0 spiro atoms. The van der Waals surface area contributed by atoms with E-state index >= 15 is 0 Å². The molecule has 0 aliphatic rings. The molecule has 0 fully saturated rings. The average molecular weight is 246 g/mol. The van der Waals surface area contributed by atoms with Crippen molar-refractivity contribution in [3.8, 4) is 0 Å². The Balaban J connectivity index is 4.67. The molecule has 0 heterocycles. The fraction of sp³-hybridized carbons (Fsp3) is 1.00. The third-order valence-electron chi connectivity index (χ3n) is 2.82. The van der Waals surface area contributed by atoms with Crippen LogP contribution in [-0.4, -0.2) is 66.6 Å². The highest BCUT2D eigenvalue weighted by atomic mass is 16.3. The van der Waals surface area contributed by atoms with Gasteiger partial charge in [0.2, 0.25) is 0 Å². The summed E-state index contributed by atoms with van der Waals surface area (Å²) in [5.41, 5.74) is 0.147. The van der Waals surface area contributed by atoms with Crippen LogP contribution in [0.1, 0.15) is 33.6 Å². The van der Waals surface area contributed by atoms with Gasteiger partial charge in [-0.15, -0.1) is 0 Å². The Kier molecular flexibility index (Phi) is 7.96. The molecule has 4 heteroatoms. The van der Waals surface area contributed by atoms with Gasteiger partial charge in [-0.3, -0.25) is 9.80 Å². The Bertz CT molecular complexity index is 182. The molecule has 0 aromatic rings. The van der Waals surface area contributed by atoms with E-state index in [1.54, 1.807) is 0 Å². The smallest absolute Gasteiger partial charge is 0.0667 e. The van der Waals surface area contributed by atoms with Crippen molar-refractivity contribution in [3.05, 3.63) is 0 Å². The van der Waals surface area contributed by atoms with Crippen LogP contribution in [0.2, 0.25) is 0 Å². The average Bonchev–Trinajstić information content (AvgIpc) is 2.19. The lowest BCUT2D eigenvalue weighted by Crippen LogP contribution is -2.53. The van der Waals surface area contributed by atoms with Crippen molar-refractivity contribution in [2.45, 2.75) is 39.8 Å². The summed E-state index contributed by atoms with van der Waals surface area (Å²) in [6.07, 6.45) is 1.89. The van der Waals surface area contributed by atoms with E-state index in [1.165, 1.54) is 0 Å². The molecule has 2 N–H and O–H groups in total. The van der Waals surface area contributed by atoms with Gasteiger partial charge in [0.1, 0.15) is 0 Å². The molecule has 1 unspecified atom stereocenters. The van der Waals surface area contributed by atoms with Gasteiger partial charge in [-0.05, 0) is 32.4 Å². The number of rotatable bonds is 8. The maximum atomic E-state index is 8.97. The lowest BCUT2D eigenvalue weighted by atomic mass is 9.90. The summed E-state index contributed by atoms with van der Waals surface area (Å²) in [6.45, 7) is 8.86. The number of nitrogens with zero attached hydrogens (tertiary/aromatic N) is 2. The Morgan fingerprint density at radius 3 is 1.59 bits per heavy atom. The van der Waals surface area contributed by atoms with E-state index in [2.05, 4.69) is 44.7 Å². The predicted molar refractivity (Wildman–Crippen MR) is 71.9 cm³/mol. The largest absolute Gasteiger partial charge is 0.396 e. The van der Waals surface area contributed by atoms with Crippen molar-refractivity contribution >= 4 is 0 Å². The van der Waals surface area contributed by atoms with E-state index in [1.807, 2.05) is 0 Å². The molecule has 0 amide bonds. The normalized spacial score (nSPS) is 14.6. The van der Waals surface area contributed by atoms with Crippen molar-refractivity contribution in [1.29, 1.82) is 0 Å². The van der Waals surface area contributed by atoms with Crippen LogP contribution in [0.15, 0.2) is 0 Å². The van der Waals surface area contributed by atoms with Crippen LogP contribution in [0.25, 0.3) is 0 Å². The van der Waals surface area contributed by atoms with Crippen LogP contribution in [0.4, 0.5) is 0 Å². The lowest BCUT2D eigenvalue weighted by molar-refractivity contribution is -0.00846. The van der Waals surface area contributed by atoms with E-state index in [0.29, 0.717) is 6.17 Å². The topological polar surface area (TPSA) is 46.9 Å². The Labute approximate surface area is 106 Å². The Morgan fingerprint density at radius 2 is 1.35 bits per heavy atom. The van der Waals surface area contributed by atoms with E-state index in [-0.39, 0.29) is 18.6 Å². The van der Waals surface area contributed by atoms with Gasteiger partial charge in [0.05, 0.1) is 6.17 Å². The summed E-state index contributed by atoms with van der Waals surface area (Å²) < 4.78 is 0. The molecule has 0 saturated carbocycles. The van der Waals surface area contributed by atoms with Gasteiger partial charge in [0.15, 0.2) is 0 Å². The molecule has 0 aliphatic heterocycles. The van der Waals surface area contributed by atoms with Crippen LogP contribution in [0.5, 0.6) is 0 Å². The van der Waals surface area contributed by atoms with Gasteiger partial charge in [-0.25, -0.2) is 0 Å². The SMILES string of the molecule is CN(C)C(N(CCCO)CCCO)C(C)(C)C. The van der Waals surface area contributed by atoms with Crippen LogP contribution < -0.4 is 0 Å². The molecular formula is C13H30N2O2. The maximum Gasteiger partial charge on any atom is 0.0667 e. The van der Waals surface area contributed by atoms with Crippen molar-refractivity contribution in [2.24, 2.45) is 5.41 Å². The zero-order valence-corrected chi connectivity index (χ0v) is 12.1. The minimum Gasteiger partial charge on any atom is -0.396 e. The van der Waals surface area contributed by atoms with Crippen molar-refractivity contribution in [1.82, 2.24) is 9.80 Å². The third-order valence-corrected chi connectivity index (χ3v) is 2.82. The molecule has 4 nitrogen and oxygen atoms in total. The summed E-state index contributed by atoms with van der Waals surface area (Å²) in [7, 11) is 4.17. The Morgan fingerprint density at radius 1 is 0.941 bits per heavy atom. The summed E-state index contributed by atoms with van der Waals surface area (Å²) in [4.78, 5) is 4.57. The first-order chi connectivity index (χ1) is 7.84. The van der Waals surface area contributed by atoms with Crippen molar-refractivity contribution in [2.75, 3.05) is 40.4 Å². The van der Waals surface area contributed by atoms with Crippen LogP contribution in [-0.2, 0) is 0 Å².